The van der Waals surface area contributed by atoms with E-state index in [4.69, 9.17) is 4.74 Å². The molecule has 92 valence electrons. The van der Waals surface area contributed by atoms with Crippen LogP contribution < -0.4 is 0 Å². The highest BCUT2D eigenvalue weighted by Gasteiger charge is 2.04. The smallest absolute Gasteiger partial charge is 0.338 e. The SMILES string of the molecule is O=C(OCCCCC=C(F)F)c1ccccc1. The molecule has 0 fully saturated rings. The lowest BCUT2D eigenvalue weighted by atomic mass is 10.2. The molecule has 0 aliphatic carbocycles. The van der Waals surface area contributed by atoms with E-state index in [1.54, 1.807) is 24.3 Å². The summed E-state index contributed by atoms with van der Waals surface area (Å²) in [6.07, 6.45) is 0.692. The standard InChI is InChI=1S/C13H14F2O2/c14-12(15)9-5-2-6-10-17-13(16)11-7-3-1-4-8-11/h1,3-4,7-9H,2,5-6,10H2. The third kappa shape index (κ3) is 5.80. The van der Waals surface area contributed by atoms with E-state index in [1.807, 2.05) is 6.07 Å². The Balaban J connectivity index is 2.15. The maximum atomic E-state index is 11.7. The van der Waals surface area contributed by atoms with Crippen molar-refractivity contribution in [2.24, 2.45) is 0 Å². The molecular weight excluding hydrogens is 226 g/mol. The molecule has 0 amide bonds. The van der Waals surface area contributed by atoms with Crippen LogP contribution in [0.3, 0.4) is 0 Å². The first-order valence-electron chi connectivity index (χ1n) is 5.43. The van der Waals surface area contributed by atoms with Crippen LogP contribution in [0, 0.1) is 0 Å². The summed E-state index contributed by atoms with van der Waals surface area (Å²) in [6, 6.07) is 8.67. The van der Waals surface area contributed by atoms with Crippen molar-refractivity contribution in [1.29, 1.82) is 0 Å². The lowest BCUT2D eigenvalue weighted by Crippen LogP contribution is -2.05. The quantitative estimate of drug-likeness (QED) is 0.558. The fraction of sp³-hybridized carbons (Fsp3) is 0.308. The second-order valence-electron chi connectivity index (χ2n) is 3.49. The first-order chi connectivity index (χ1) is 8.20. The first kappa shape index (κ1) is 13.4. The second kappa shape index (κ2) is 7.54. The Morgan fingerprint density at radius 1 is 1.18 bits per heavy atom. The summed E-state index contributed by atoms with van der Waals surface area (Å²) in [5, 5.41) is 0. The number of carbonyl (C=O) groups is 1. The molecule has 0 aromatic heterocycles. The summed E-state index contributed by atoms with van der Waals surface area (Å²) in [5.74, 6) is -0.377. The molecule has 0 aliphatic rings. The molecule has 17 heavy (non-hydrogen) atoms. The number of halogens is 2. The van der Waals surface area contributed by atoms with E-state index in [2.05, 4.69) is 0 Å². The number of carbonyl (C=O) groups excluding carboxylic acids is 1. The number of benzene rings is 1. The van der Waals surface area contributed by atoms with Gasteiger partial charge in [0.05, 0.1) is 12.2 Å². The van der Waals surface area contributed by atoms with Crippen LogP contribution in [0.2, 0.25) is 0 Å². The molecule has 0 aliphatic heterocycles. The van der Waals surface area contributed by atoms with Crippen molar-refractivity contribution in [2.75, 3.05) is 6.61 Å². The van der Waals surface area contributed by atoms with E-state index < -0.39 is 6.08 Å². The number of allylic oxidation sites excluding steroid dienone is 1. The molecular formula is C13H14F2O2. The molecule has 0 atom stereocenters. The van der Waals surface area contributed by atoms with Gasteiger partial charge in [0.1, 0.15) is 0 Å². The van der Waals surface area contributed by atoms with Gasteiger partial charge in [0.2, 0.25) is 0 Å². The molecule has 1 aromatic rings. The van der Waals surface area contributed by atoms with Crippen LogP contribution in [0.4, 0.5) is 8.78 Å². The molecule has 0 spiro atoms. The highest BCUT2D eigenvalue weighted by atomic mass is 19.3. The summed E-state index contributed by atoms with van der Waals surface area (Å²) in [4.78, 5) is 11.4. The van der Waals surface area contributed by atoms with Gasteiger partial charge in [-0.05, 0) is 37.5 Å². The van der Waals surface area contributed by atoms with Crippen LogP contribution in [0.1, 0.15) is 29.6 Å². The van der Waals surface area contributed by atoms with Gasteiger partial charge in [-0.3, -0.25) is 0 Å². The maximum Gasteiger partial charge on any atom is 0.338 e. The maximum absolute atomic E-state index is 11.7. The van der Waals surface area contributed by atoms with Crippen molar-refractivity contribution in [1.82, 2.24) is 0 Å². The Morgan fingerprint density at radius 2 is 1.88 bits per heavy atom. The molecule has 0 saturated heterocycles. The number of hydrogen-bond acceptors (Lipinski definition) is 2. The summed E-state index contributed by atoms with van der Waals surface area (Å²) < 4.78 is 28.3. The normalized spacial score (nSPS) is 9.76. The summed E-state index contributed by atoms with van der Waals surface area (Å²) in [7, 11) is 0. The highest BCUT2D eigenvalue weighted by molar-refractivity contribution is 5.89. The van der Waals surface area contributed by atoms with E-state index in [0.717, 1.165) is 6.08 Å². The van der Waals surface area contributed by atoms with Crippen molar-refractivity contribution < 1.29 is 18.3 Å². The Kier molecular flexibility index (Phi) is 5.93. The zero-order chi connectivity index (χ0) is 12.5. The molecule has 1 rings (SSSR count). The van der Waals surface area contributed by atoms with Crippen LogP contribution in [0.15, 0.2) is 42.5 Å². The zero-order valence-electron chi connectivity index (χ0n) is 9.36. The molecule has 0 unspecified atom stereocenters. The topological polar surface area (TPSA) is 26.3 Å². The average molecular weight is 240 g/mol. The van der Waals surface area contributed by atoms with Crippen molar-refractivity contribution >= 4 is 5.97 Å². The van der Waals surface area contributed by atoms with E-state index in [9.17, 15) is 13.6 Å². The van der Waals surface area contributed by atoms with Crippen molar-refractivity contribution in [3.63, 3.8) is 0 Å². The summed E-state index contributed by atoms with van der Waals surface area (Å²) in [6.45, 7) is 0.259. The van der Waals surface area contributed by atoms with Crippen molar-refractivity contribution in [3.05, 3.63) is 48.1 Å². The van der Waals surface area contributed by atoms with Gasteiger partial charge in [0, 0.05) is 0 Å². The largest absolute Gasteiger partial charge is 0.462 e. The van der Waals surface area contributed by atoms with Gasteiger partial charge in [-0.15, -0.1) is 0 Å². The molecule has 2 nitrogen and oxygen atoms in total. The van der Waals surface area contributed by atoms with Crippen LogP contribution in [0.5, 0.6) is 0 Å². The van der Waals surface area contributed by atoms with Crippen LogP contribution >= 0.6 is 0 Å². The van der Waals surface area contributed by atoms with Gasteiger partial charge < -0.3 is 4.74 Å². The number of unbranched alkanes of at least 4 members (excludes halogenated alkanes) is 2. The van der Waals surface area contributed by atoms with E-state index in [1.165, 1.54) is 0 Å². The van der Waals surface area contributed by atoms with Crippen molar-refractivity contribution in [2.45, 2.75) is 19.3 Å². The Bertz CT molecular complexity index is 370. The van der Waals surface area contributed by atoms with Crippen LogP contribution in [0.25, 0.3) is 0 Å². The molecule has 0 radical (unpaired) electrons. The van der Waals surface area contributed by atoms with Crippen LogP contribution in [-0.4, -0.2) is 12.6 Å². The molecule has 0 bridgehead atoms. The van der Waals surface area contributed by atoms with Gasteiger partial charge in [-0.2, -0.15) is 8.78 Å². The molecule has 4 heteroatoms. The monoisotopic (exact) mass is 240 g/mol. The fourth-order valence-corrected chi connectivity index (χ4v) is 1.28. The Morgan fingerprint density at radius 3 is 2.53 bits per heavy atom. The third-order valence-corrected chi connectivity index (χ3v) is 2.14. The van der Waals surface area contributed by atoms with Crippen LogP contribution in [-0.2, 0) is 4.74 Å². The van der Waals surface area contributed by atoms with E-state index >= 15 is 0 Å². The Hall–Kier alpha value is -1.71. The molecule has 0 N–H and O–H groups in total. The minimum Gasteiger partial charge on any atom is -0.462 e. The van der Waals surface area contributed by atoms with Gasteiger partial charge in [-0.1, -0.05) is 18.2 Å². The van der Waals surface area contributed by atoms with Gasteiger partial charge >= 0.3 is 5.97 Å². The minimum absolute atomic E-state index is 0.259. The molecule has 0 saturated carbocycles. The average Bonchev–Trinajstić information content (AvgIpc) is 2.34. The van der Waals surface area contributed by atoms with Gasteiger partial charge in [-0.25, -0.2) is 4.79 Å². The fourth-order valence-electron chi connectivity index (χ4n) is 1.28. The lowest BCUT2D eigenvalue weighted by molar-refractivity contribution is 0.0498. The van der Waals surface area contributed by atoms with Gasteiger partial charge in [0.15, 0.2) is 0 Å². The van der Waals surface area contributed by atoms with Crippen molar-refractivity contribution in [3.8, 4) is 0 Å². The second-order valence-corrected chi connectivity index (χ2v) is 3.49. The molecule has 1 aromatic carbocycles. The number of esters is 1. The van der Waals surface area contributed by atoms with Gasteiger partial charge in [0.25, 0.3) is 6.08 Å². The minimum atomic E-state index is -1.66. The van der Waals surface area contributed by atoms with E-state index in [-0.39, 0.29) is 12.6 Å². The predicted molar refractivity (Wildman–Crippen MR) is 60.9 cm³/mol. The van der Waals surface area contributed by atoms with E-state index in [0.29, 0.717) is 24.8 Å². The number of ether oxygens (including phenoxy) is 1. The summed E-state index contributed by atoms with van der Waals surface area (Å²) in [5.41, 5.74) is 0.502. The zero-order valence-corrected chi connectivity index (χ0v) is 9.36. The first-order valence-corrected chi connectivity index (χ1v) is 5.43. The summed E-state index contributed by atoms with van der Waals surface area (Å²) >= 11 is 0. The predicted octanol–water partition coefficient (Wildman–Crippen LogP) is 3.79. The third-order valence-electron chi connectivity index (χ3n) is 2.14. The molecule has 0 heterocycles. The number of rotatable bonds is 6. The Labute approximate surface area is 98.9 Å². The number of hydrogen-bond donors (Lipinski definition) is 0. The highest BCUT2D eigenvalue weighted by Crippen LogP contribution is 2.05. The lowest BCUT2D eigenvalue weighted by Gasteiger charge is -2.03.